The topological polar surface area (TPSA) is 60.2 Å². The van der Waals surface area contributed by atoms with Crippen molar-refractivity contribution < 1.29 is 9.53 Å². The molecule has 2 heterocycles. The predicted molar refractivity (Wildman–Crippen MR) is 88.5 cm³/mol. The molecule has 0 fully saturated rings. The lowest BCUT2D eigenvalue weighted by Crippen LogP contribution is -2.22. The first-order valence-corrected chi connectivity index (χ1v) is 7.20. The van der Waals surface area contributed by atoms with Crippen molar-refractivity contribution in [3.63, 3.8) is 0 Å². The molecule has 0 aliphatic heterocycles. The number of nitrogens with zero attached hydrogens (tertiary/aromatic N) is 4. The SMILES string of the molecule is COc1ccccc1-c1cc(C(=O)N(C)C)c2cnn(C)c2n1. The number of ether oxygens (including phenoxy) is 1. The fraction of sp³-hybridized carbons (Fsp3) is 0.235. The lowest BCUT2D eigenvalue weighted by Gasteiger charge is -2.13. The maximum absolute atomic E-state index is 12.5. The molecule has 1 amide bonds. The normalized spacial score (nSPS) is 10.8. The highest BCUT2D eigenvalue weighted by Crippen LogP contribution is 2.31. The predicted octanol–water partition coefficient (Wildman–Crippen LogP) is 2.35. The van der Waals surface area contributed by atoms with E-state index in [-0.39, 0.29) is 5.91 Å². The maximum atomic E-state index is 12.5. The molecule has 0 N–H and O–H groups in total. The molecule has 0 atom stereocenters. The Hall–Kier alpha value is -2.89. The number of amides is 1. The van der Waals surface area contributed by atoms with Gasteiger partial charge in [0.2, 0.25) is 0 Å². The number of hydrogen-bond donors (Lipinski definition) is 0. The number of benzene rings is 1. The van der Waals surface area contributed by atoms with Gasteiger partial charge in [0.15, 0.2) is 5.65 Å². The standard InChI is InChI=1S/C17H18N4O2/c1-20(2)17(22)12-9-14(11-7-5-6-8-15(11)23-4)19-16-13(12)10-18-21(16)3/h5-10H,1-4H3. The van der Waals surface area contributed by atoms with Crippen LogP contribution in [-0.2, 0) is 7.05 Å². The highest BCUT2D eigenvalue weighted by atomic mass is 16.5. The van der Waals surface area contributed by atoms with Crippen LogP contribution in [0.2, 0.25) is 0 Å². The lowest BCUT2D eigenvalue weighted by atomic mass is 10.1. The van der Waals surface area contributed by atoms with E-state index >= 15 is 0 Å². The summed E-state index contributed by atoms with van der Waals surface area (Å²) in [6.07, 6.45) is 1.67. The number of carbonyl (C=O) groups excluding carboxylic acids is 1. The molecule has 0 unspecified atom stereocenters. The van der Waals surface area contributed by atoms with E-state index in [2.05, 4.69) is 10.1 Å². The molecule has 0 bridgehead atoms. The van der Waals surface area contributed by atoms with Crippen molar-refractivity contribution in [3.8, 4) is 17.0 Å². The molecular weight excluding hydrogens is 292 g/mol. The minimum atomic E-state index is -0.0819. The second-order valence-electron chi connectivity index (χ2n) is 5.46. The maximum Gasteiger partial charge on any atom is 0.254 e. The number of methoxy groups -OCH3 is 1. The van der Waals surface area contributed by atoms with E-state index in [1.54, 1.807) is 43.1 Å². The fourth-order valence-corrected chi connectivity index (χ4v) is 2.53. The Morgan fingerprint density at radius 2 is 2.00 bits per heavy atom. The molecule has 118 valence electrons. The second-order valence-corrected chi connectivity index (χ2v) is 5.46. The zero-order chi connectivity index (χ0) is 16.6. The van der Waals surface area contributed by atoms with Crippen LogP contribution in [0.15, 0.2) is 36.5 Å². The van der Waals surface area contributed by atoms with Gasteiger partial charge in [-0.2, -0.15) is 5.10 Å². The van der Waals surface area contributed by atoms with Crippen molar-refractivity contribution in [3.05, 3.63) is 42.1 Å². The zero-order valence-corrected chi connectivity index (χ0v) is 13.6. The highest BCUT2D eigenvalue weighted by Gasteiger charge is 2.19. The van der Waals surface area contributed by atoms with Crippen LogP contribution < -0.4 is 4.74 Å². The molecule has 3 aromatic rings. The van der Waals surface area contributed by atoms with Crippen LogP contribution in [0.3, 0.4) is 0 Å². The fourth-order valence-electron chi connectivity index (χ4n) is 2.53. The van der Waals surface area contributed by atoms with Gasteiger partial charge in [-0.15, -0.1) is 0 Å². The molecule has 2 aromatic heterocycles. The Morgan fingerprint density at radius 3 is 2.70 bits per heavy atom. The van der Waals surface area contributed by atoms with E-state index in [0.29, 0.717) is 22.7 Å². The number of para-hydroxylation sites is 1. The lowest BCUT2D eigenvalue weighted by molar-refractivity contribution is 0.0829. The Bertz CT molecular complexity index is 883. The van der Waals surface area contributed by atoms with Gasteiger partial charge in [0.25, 0.3) is 5.91 Å². The quantitative estimate of drug-likeness (QED) is 0.745. The Kier molecular flexibility index (Phi) is 3.73. The van der Waals surface area contributed by atoms with Crippen molar-refractivity contribution in [1.29, 1.82) is 0 Å². The van der Waals surface area contributed by atoms with Gasteiger partial charge in [0.1, 0.15) is 5.75 Å². The largest absolute Gasteiger partial charge is 0.496 e. The molecule has 0 spiro atoms. The van der Waals surface area contributed by atoms with Crippen molar-refractivity contribution >= 4 is 16.9 Å². The molecule has 6 nitrogen and oxygen atoms in total. The van der Waals surface area contributed by atoms with Gasteiger partial charge < -0.3 is 9.64 Å². The van der Waals surface area contributed by atoms with Crippen LogP contribution in [0.4, 0.5) is 0 Å². The summed E-state index contributed by atoms with van der Waals surface area (Å²) in [6, 6.07) is 9.41. The van der Waals surface area contributed by atoms with Gasteiger partial charge in [-0.05, 0) is 18.2 Å². The Balaban J connectivity index is 2.30. The second kappa shape index (κ2) is 5.72. The van der Waals surface area contributed by atoms with Gasteiger partial charge in [-0.3, -0.25) is 9.48 Å². The van der Waals surface area contributed by atoms with E-state index in [1.807, 2.05) is 31.3 Å². The number of aromatic nitrogens is 3. The van der Waals surface area contributed by atoms with E-state index in [4.69, 9.17) is 4.74 Å². The van der Waals surface area contributed by atoms with Gasteiger partial charge in [-0.25, -0.2) is 4.98 Å². The molecule has 0 aliphatic carbocycles. The van der Waals surface area contributed by atoms with Gasteiger partial charge in [-0.1, -0.05) is 12.1 Å². The minimum absolute atomic E-state index is 0.0819. The monoisotopic (exact) mass is 310 g/mol. The van der Waals surface area contributed by atoms with Gasteiger partial charge in [0.05, 0.1) is 30.0 Å². The molecular formula is C17H18N4O2. The van der Waals surface area contributed by atoms with Crippen LogP contribution in [0.25, 0.3) is 22.3 Å². The van der Waals surface area contributed by atoms with Crippen molar-refractivity contribution in [2.24, 2.45) is 7.05 Å². The number of hydrogen-bond acceptors (Lipinski definition) is 4. The summed E-state index contributed by atoms with van der Waals surface area (Å²) in [5.41, 5.74) is 2.77. The molecule has 23 heavy (non-hydrogen) atoms. The highest BCUT2D eigenvalue weighted by molar-refractivity contribution is 6.06. The molecule has 0 saturated carbocycles. The first-order chi connectivity index (χ1) is 11.0. The summed E-state index contributed by atoms with van der Waals surface area (Å²) in [5.74, 6) is 0.631. The average molecular weight is 310 g/mol. The van der Waals surface area contributed by atoms with Crippen LogP contribution >= 0.6 is 0 Å². The number of pyridine rings is 1. The summed E-state index contributed by atoms with van der Waals surface area (Å²) < 4.78 is 7.08. The van der Waals surface area contributed by atoms with Gasteiger partial charge in [0, 0.05) is 26.7 Å². The van der Waals surface area contributed by atoms with E-state index in [0.717, 1.165) is 10.9 Å². The number of rotatable bonds is 3. The average Bonchev–Trinajstić information content (AvgIpc) is 2.94. The third kappa shape index (κ3) is 2.52. The summed E-state index contributed by atoms with van der Waals surface area (Å²) >= 11 is 0. The Morgan fingerprint density at radius 1 is 1.26 bits per heavy atom. The minimum Gasteiger partial charge on any atom is -0.496 e. The molecule has 0 saturated heterocycles. The van der Waals surface area contributed by atoms with Gasteiger partial charge >= 0.3 is 0 Å². The van der Waals surface area contributed by atoms with Crippen LogP contribution in [-0.4, -0.2) is 46.8 Å². The number of carbonyl (C=O) groups is 1. The smallest absolute Gasteiger partial charge is 0.254 e. The van der Waals surface area contributed by atoms with E-state index < -0.39 is 0 Å². The molecule has 0 radical (unpaired) electrons. The summed E-state index contributed by atoms with van der Waals surface area (Å²) in [5, 5.41) is 4.97. The van der Waals surface area contributed by atoms with E-state index in [1.165, 1.54) is 0 Å². The summed E-state index contributed by atoms with van der Waals surface area (Å²) in [7, 11) is 6.89. The molecule has 0 aliphatic rings. The molecule has 6 heteroatoms. The first kappa shape index (κ1) is 15.0. The van der Waals surface area contributed by atoms with Crippen LogP contribution in [0, 0.1) is 0 Å². The number of aryl methyl sites for hydroxylation is 1. The Labute approximate surface area is 134 Å². The van der Waals surface area contributed by atoms with E-state index in [9.17, 15) is 4.79 Å². The third-order valence-electron chi connectivity index (χ3n) is 3.72. The first-order valence-electron chi connectivity index (χ1n) is 7.20. The van der Waals surface area contributed by atoms with Crippen LogP contribution in [0.1, 0.15) is 10.4 Å². The summed E-state index contributed by atoms with van der Waals surface area (Å²) in [4.78, 5) is 18.8. The molecule has 1 aromatic carbocycles. The summed E-state index contributed by atoms with van der Waals surface area (Å²) in [6.45, 7) is 0. The van der Waals surface area contributed by atoms with Crippen molar-refractivity contribution in [2.45, 2.75) is 0 Å². The molecule has 3 rings (SSSR count). The number of fused-ring (bicyclic) bond motifs is 1. The zero-order valence-electron chi connectivity index (χ0n) is 13.6. The third-order valence-corrected chi connectivity index (χ3v) is 3.72. The van der Waals surface area contributed by atoms with Crippen molar-refractivity contribution in [2.75, 3.05) is 21.2 Å². The van der Waals surface area contributed by atoms with Crippen LogP contribution in [0.5, 0.6) is 5.75 Å². The van der Waals surface area contributed by atoms with Crippen molar-refractivity contribution in [1.82, 2.24) is 19.7 Å².